The minimum Gasteiger partial charge on any atom is -0.457 e. The van der Waals surface area contributed by atoms with Gasteiger partial charge in [0, 0.05) is 6.42 Å². The number of para-hydroxylation sites is 1. The maximum atomic E-state index is 13.6. The van der Waals surface area contributed by atoms with E-state index < -0.39 is 5.82 Å². The summed E-state index contributed by atoms with van der Waals surface area (Å²) in [4.78, 5) is 11.8. The molecule has 0 heterocycles. The highest BCUT2D eigenvalue weighted by atomic mass is 19.1. The van der Waals surface area contributed by atoms with Crippen LogP contribution in [0.4, 0.5) is 4.39 Å². The van der Waals surface area contributed by atoms with Crippen molar-refractivity contribution in [2.45, 2.75) is 19.8 Å². The Morgan fingerprint density at radius 2 is 1.84 bits per heavy atom. The van der Waals surface area contributed by atoms with Crippen LogP contribution in [-0.2, 0) is 0 Å². The normalized spacial score (nSPS) is 10.2. The van der Waals surface area contributed by atoms with Gasteiger partial charge in [-0.15, -0.1) is 0 Å². The molecule has 2 rings (SSSR count). The lowest BCUT2D eigenvalue weighted by molar-refractivity contribution is 0.0977. The zero-order valence-electron chi connectivity index (χ0n) is 10.7. The van der Waals surface area contributed by atoms with Crippen molar-refractivity contribution in [2.24, 2.45) is 0 Å². The van der Waals surface area contributed by atoms with E-state index >= 15 is 0 Å². The monoisotopic (exact) mass is 258 g/mol. The Hall–Kier alpha value is -2.16. The van der Waals surface area contributed by atoms with Crippen molar-refractivity contribution in [1.82, 2.24) is 0 Å². The number of rotatable bonds is 5. The molecular weight excluding hydrogens is 243 g/mol. The number of benzene rings is 2. The van der Waals surface area contributed by atoms with Crippen LogP contribution in [0.3, 0.4) is 0 Å². The third-order valence-electron chi connectivity index (χ3n) is 2.69. The zero-order chi connectivity index (χ0) is 13.7. The minimum atomic E-state index is -0.501. The molecule has 2 aromatic carbocycles. The summed E-state index contributed by atoms with van der Waals surface area (Å²) in [5.41, 5.74) is 0.0929. The molecule has 2 aromatic rings. The van der Waals surface area contributed by atoms with Crippen molar-refractivity contribution < 1.29 is 13.9 Å². The van der Waals surface area contributed by atoms with Crippen molar-refractivity contribution in [3.63, 3.8) is 0 Å². The average Bonchev–Trinajstić information content (AvgIpc) is 2.42. The highest BCUT2D eigenvalue weighted by molar-refractivity contribution is 5.96. The fraction of sp³-hybridized carbons (Fsp3) is 0.188. The van der Waals surface area contributed by atoms with Crippen LogP contribution in [0.1, 0.15) is 30.1 Å². The van der Waals surface area contributed by atoms with Crippen LogP contribution in [-0.4, -0.2) is 5.78 Å². The van der Waals surface area contributed by atoms with E-state index in [-0.39, 0.29) is 11.3 Å². The van der Waals surface area contributed by atoms with E-state index in [1.807, 2.05) is 25.1 Å². The van der Waals surface area contributed by atoms with E-state index in [2.05, 4.69) is 0 Å². The predicted octanol–water partition coefficient (Wildman–Crippen LogP) is 4.60. The zero-order valence-corrected chi connectivity index (χ0v) is 10.7. The SMILES string of the molecule is CCCC(=O)c1cc(Oc2ccccc2)ccc1F. The van der Waals surface area contributed by atoms with Crippen LogP contribution in [0.5, 0.6) is 11.5 Å². The molecule has 0 aliphatic heterocycles. The summed E-state index contributed by atoms with van der Waals surface area (Å²) >= 11 is 0. The molecule has 0 aliphatic carbocycles. The summed E-state index contributed by atoms with van der Waals surface area (Å²) in [5, 5.41) is 0. The third kappa shape index (κ3) is 3.41. The Morgan fingerprint density at radius 3 is 2.53 bits per heavy atom. The number of carbonyl (C=O) groups is 1. The number of hydrogen-bond acceptors (Lipinski definition) is 2. The number of Topliss-reactive ketones (excluding diaryl/α,β-unsaturated/α-hetero) is 1. The largest absolute Gasteiger partial charge is 0.457 e. The first-order valence-electron chi connectivity index (χ1n) is 6.26. The fourth-order valence-electron chi connectivity index (χ4n) is 1.77. The predicted molar refractivity (Wildman–Crippen MR) is 72.2 cm³/mol. The molecule has 0 atom stereocenters. The molecule has 0 N–H and O–H groups in total. The topological polar surface area (TPSA) is 26.3 Å². The van der Waals surface area contributed by atoms with E-state index in [9.17, 15) is 9.18 Å². The summed E-state index contributed by atoms with van der Waals surface area (Å²) in [7, 11) is 0. The molecule has 0 unspecified atom stereocenters. The number of halogens is 1. The van der Waals surface area contributed by atoms with Gasteiger partial charge in [-0.3, -0.25) is 4.79 Å². The van der Waals surface area contributed by atoms with Crippen molar-refractivity contribution >= 4 is 5.78 Å². The van der Waals surface area contributed by atoms with Gasteiger partial charge in [0.15, 0.2) is 5.78 Å². The van der Waals surface area contributed by atoms with Gasteiger partial charge in [0.1, 0.15) is 17.3 Å². The molecule has 0 amide bonds. The Balaban J connectivity index is 2.23. The second-order valence-corrected chi connectivity index (χ2v) is 4.23. The van der Waals surface area contributed by atoms with Crippen LogP contribution >= 0.6 is 0 Å². The molecular formula is C16H15FO2. The lowest BCUT2D eigenvalue weighted by atomic mass is 10.1. The molecule has 0 aliphatic rings. The van der Waals surface area contributed by atoms with Gasteiger partial charge in [-0.2, -0.15) is 0 Å². The first-order valence-corrected chi connectivity index (χ1v) is 6.26. The molecule has 19 heavy (non-hydrogen) atoms. The Kier molecular flexibility index (Phi) is 4.29. The molecule has 0 aromatic heterocycles. The second-order valence-electron chi connectivity index (χ2n) is 4.23. The van der Waals surface area contributed by atoms with Crippen LogP contribution in [0, 0.1) is 5.82 Å². The molecule has 0 fully saturated rings. The summed E-state index contributed by atoms with van der Waals surface area (Å²) in [6.45, 7) is 1.89. The van der Waals surface area contributed by atoms with Crippen molar-refractivity contribution in [3.8, 4) is 11.5 Å². The van der Waals surface area contributed by atoms with Gasteiger partial charge in [-0.25, -0.2) is 4.39 Å². The molecule has 2 nitrogen and oxygen atoms in total. The second kappa shape index (κ2) is 6.14. The molecule has 0 radical (unpaired) electrons. The van der Waals surface area contributed by atoms with E-state index in [1.165, 1.54) is 18.2 Å². The van der Waals surface area contributed by atoms with E-state index in [0.717, 1.165) is 0 Å². The summed E-state index contributed by atoms with van der Waals surface area (Å²) in [5.74, 6) is 0.424. The molecule has 0 saturated heterocycles. The van der Waals surface area contributed by atoms with Crippen molar-refractivity contribution in [2.75, 3.05) is 0 Å². The van der Waals surface area contributed by atoms with Gasteiger partial charge in [-0.05, 0) is 36.8 Å². The van der Waals surface area contributed by atoms with Gasteiger partial charge in [-0.1, -0.05) is 25.1 Å². The lowest BCUT2D eigenvalue weighted by Crippen LogP contribution is -2.02. The van der Waals surface area contributed by atoms with Gasteiger partial charge in [0.25, 0.3) is 0 Å². The number of ketones is 1. The van der Waals surface area contributed by atoms with Crippen LogP contribution < -0.4 is 4.74 Å². The van der Waals surface area contributed by atoms with Gasteiger partial charge in [0.2, 0.25) is 0 Å². The van der Waals surface area contributed by atoms with Crippen molar-refractivity contribution in [3.05, 3.63) is 59.9 Å². The Bertz CT molecular complexity index is 564. The van der Waals surface area contributed by atoms with Crippen molar-refractivity contribution in [1.29, 1.82) is 0 Å². The van der Waals surface area contributed by atoms with E-state index in [1.54, 1.807) is 12.1 Å². The summed E-state index contributed by atoms with van der Waals surface area (Å²) in [6, 6.07) is 13.4. The first kappa shape index (κ1) is 13.3. The number of hydrogen-bond donors (Lipinski definition) is 0. The molecule has 98 valence electrons. The fourth-order valence-corrected chi connectivity index (χ4v) is 1.77. The standard InChI is InChI=1S/C16H15FO2/c1-2-6-16(18)14-11-13(9-10-15(14)17)19-12-7-4-3-5-8-12/h3-5,7-11H,2,6H2,1H3. The van der Waals surface area contributed by atoms with Crippen LogP contribution in [0.15, 0.2) is 48.5 Å². The number of carbonyl (C=O) groups excluding carboxylic acids is 1. The molecule has 0 saturated carbocycles. The van der Waals surface area contributed by atoms with Crippen LogP contribution in [0.25, 0.3) is 0 Å². The van der Waals surface area contributed by atoms with E-state index in [0.29, 0.717) is 24.3 Å². The highest BCUT2D eigenvalue weighted by Gasteiger charge is 2.12. The maximum absolute atomic E-state index is 13.6. The van der Waals surface area contributed by atoms with Gasteiger partial charge >= 0.3 is 0 Å². The average molecular weight is 258 g/mol. The summed E-state index contributed by atoms with van der Waals surface area (Å²) in [6.07, 6.45) is 1.04. The molecule has 0 bridgehead atoms. The lowest BCUT2D eigenvalue weighted by Gasteiger charge is -2.08. The first-order chi connectivity index (χ1) is 9.20. The third-order valence-corrected chi connectivity index (χ3v) is 2.69. The summed E-state index contributed by atoms with van der Waals surface area (Å²) < 4.78 is 19.2. The Labute approximate surface area is 111 Å². The van der Waals surface area contributed by atoms with Crippen LogP contribution in [0.2, 0.25) is 0 Å². The smallest absolute Gasteiger partial charge is 0.165 e. The van der Waals surface area contributed by atoms with Gasteiger partial charge in [0.05, 0.1) is 5.56 Å². The van der Waals surface area contributed by atoms with E-state index in [4.69, 9.17) is 4.74 Å². The maximum Gasteiger partial charge on any atom is 0.165 e. The number of ether oxygens (including phenoxy) is 1. The Morgan fingerprint density at radius 1 is 1.11 bits per heavy atom. The molecule has 3 heteroatoms. The minimum absolute atomic E-state index is 0.0929. The molecule has 0 spiro atoms. The highest BCUT2D eigenvalue weighted by Crippen LogP contribution is 2.24. The quantitative estimate of drug-likeness (QED) is 0.732. The van der Waals surface area contributed by atoms with Gasteiger partial charge < -0.3 is 4.74 Å².